The molecule has 1 aromatic heterocycles. The predicted octanol–water partition coefficient (Wildman–Crippen LogP) is 2.50. The van der Waals surface area contributed by atoms with Crippen LogP contribution >= 0.6 is 0 Å². The number of methoxy groups -OCH3 is 2. The third-order valence-electron chi connectivity index (χ3n) is 2.91. The summed E-state index contributed by atoms with van der Waals surface area (Å²) in [5.74, 6) is 1.69. The minimum absolute atomic E-state index is 0.391. The molecule has 0 bridgehead atoms. The highest BCUT2D eigenvalue weighted by molar-refractivity contribution is 5.79. The number of rotatable bonds is 7. The molecule has 0 aliphatic rings. The maximum absolute atomic E-state index is 5.18. The van der Waals surface area contributed by atoms with Crippen LogP contribution in [0.2, 0.25) is 0 Å². The molecule has 134 valence electrons. The Morgan fingerprint density at radius 3 is 2.72 bits per heavy atom. The first-order chi connectivity index (χ1) is 12.0. The van der Waals surface area contributed by atoms with Gasteiger partial charge >= 0.3 is 0 Å². The molecule has 8 nitrogen and oxygen atoms in total. The summed E-state index contributed by atoms with van der Waals surface area (Å²) in [6.45, 7) is 5.50. The minimum atomic E-state index is 0.391. The molecule has 1 N–H and O–H groups in total. The molecule has 1 rings (SSSR count). The van der Waals surface area contributed by atoms with Gasteiger partial charge in [0, 0.05) is 32.4 Å². The Balaban J connectivity index is 2.89. The summed E-state index contributed by atoms with van der Waals surface area (Å²) in [7, 11) is 6.82. The molecule has 0 aliphatic heterocycles. The number of ether oxygens (including phenoxy) is 2. The van der Waals surface area contributed by atoms with Crippen LogP contribution < -0.4 is 15.5 Å². The average molecular weight is 344 g/mol. The van der Waals surface area contributed by atoms with Gasteiger partial charge in [0.25, 0.3) is 0 Å². The first-order valence-corrected chi connectivity index (χ1v) is 7.49. The third-order valence-corrected chi connectivity index (χ3v) is 2.91. The van der Waals surface area contributed by atoms with Crippen molar-refractivity contribution in [3.63, 3.8) is 0 Å². The molecule has 8 heteroatoms. The highest BCUT2D eigenvalue weighted by Gasteiger charge is 1.95. The molecule has 0 aliphatic carbocycles. The number of nitrogens with zero attached hydrogens (tertiary/aromatic N) is 5. The lowest BCUT2D eigenvalue weighted by molar-refractivity contribution is 0.306. The second-order valence-corrected chi connectivity index (χ2v) is 4.85. The van der Waals surface area contributed by atoms with Gasteiger partial charge in [-0.1, -0.05) is 6.58 Å². The maximum Gasteiger partial charge on any atom is 0.170 e. The highest BCUT2D eigenvalue weighted by Crippen LogP contribution is 2.05. The van der Waals surface area contributed by atoms with Crippen molar-refractivity contribution in [1.82, 2.24) is 9.88 Å². The zero-order valence-corrected chi connectivity index (χ0v) is 15.2. The van der Waals surface area contributed by atoms with Gasteiger partial charge in [0.15, 0.2) is 11.3 Å². The van der Waals surface area contributed by atoms with Crippen molar-refractivity contribution >= 4 is 5.84 Å². The van der Waals surface area contributed by atoms with Crippen molar-refractivity contribution in [3.05, 3.63) is 60.2 Å². The van der Waals surface area contributed by atoms with E-state index in [2.05, 4.69) is 32.3 Å². The number of azo groups is 1. The molecule has 0 saturated heterocycles. The molecule has 1 heterocycles. The zero-order valence-electron chi connectivity index (χ0n) is 15.2. The summed E-state index contributed by atoms with van der Waals surface area (Å²) in [6.07, 6.45) is 6.98. The zero-order chi connectivity index (χ0) is 18.7. The van der Waals surface area contributed by atoms with E-state index in [-0.39, 0.29) is 0 Å². The van der Waals surface area contributed by atoms with Crippen LogP contribution in [0.25, 0.3) is 0 Å². The van der Waals surface area contributed by atoms with E-state index < -0.39 is 0 Å². The van der Waals surface area contributed by atoms with E-state index in [9.17, 15) is 0 Å². The van der Waals surface area contributed by atoms with E-state index >= 15 is 0 Å². The Labute approximate surface area is 147 Å². The molecule has 1 aromatic rings. The predicted molar refractivity (Wildman–Crippen MR) is 97.9 cm³/mol. The smallest absolute Gasteiger partial charge is 0.170 e. The fourth-order valence-electron chi connectivity index (χ4n) is 1.58. The van der Waals surface area contributed by atoms with Crippen LogP contribution in [-0.4, -0.2) is 31.7 Å². The summed E-state index contributed by atoms with van der Waals surface area (Å²) in [5, 5.41) is 19.0. The van der Waals surface area contributed by atoms with Crippen LogP contribution in [-0.2, 0) is 11.8 Å². The van der Waals surface area contributed by atoms with Gasteiger partial charge in [0.2, 0.25) is 0 Å². The standard InChI is InChI=1S/C17H24N6O2/c1-13(11-15(24-5)7-9-18-3)19-20-14(2)21-22-17-12-16(25-6)8-10-23(17)4/h7-12,18H,1H2,2-6H3/b9-7-,15-11+,20-19?,21-14+,22-17+. The van der Waals surface area contributed by atoms with Gasteiger partial charge in [-0.25, -0.2) is 0 Å². The second-order valence-electron chi connectivity index (χ2n) is 4.85. The van der Waals surface area contributed by atoms with Crippen LogP contribution in [0.5, 0.6) is 5.75 Å². The Morgan fingerprint density at radius 1 is 1.32 bits per heavy atom. The van der Waals surface area contributed by atoms with E-state index in [4.69, 9.17) is 9.47 Å². The van der Waals surface area contributed by atoms with E-state index in [1.807, 2.05) is 23.9 Å². The normalized spacial score (nSPS) is 13.6. The van der Waals surface area contributed by atoms with Crippen LogP contribution in [0.15, 0.2) is 75.1 Å². The fraction of sp³-hybridized carbons (Fsp3) is 0.294. The SMILES string of the molecule is C=C(/C=C(\C=C/NC)OC)N=N/C(C)=N/N=c1\cc(OC)ccn1C. The quantitative estimate of drug-likeness (QED) is 0.206. The van der Waals surface area contributed by atoms with Gasteiger partial charge in [-0.05, 0) is 25.3 Å². The maximum atomic E-state index is 5.18. The number of aromatic nitrogens is 1. The summed E-state index contributed by atoms with van der Waals surface area (Å²) in [4.78, 5) is 0. The molecule has 0 amide bonds. The number of nitrogens with one attached hydrogen (secondary N) is 1. The van der Waals surface area contributed by atoms with Crippen LogP contribution in [0.1, 0.15) is 6.92 Å². The Morgan fingerprint density at radius 2 is 2.08 bits per heavy atom. The van der Waals surface area contributed by atoms with E-state index in [0.29, 0.717) is 28.5 Å². The highest BCUT2D eigenvalue weighted by atomic mass is 16.5. The van der Waals surface area contributed by atoms with E-state index in [1.165, 1.54) is 0 Å². The number of hydrogen-bond acceptors (Lipinski definition) is 6. The van der Waals surface area contributed by atoms with Crippen LogP contribution in [0.4, 0.5) is 0 Å². The molecule has 0 unspecified atom stereocenters. The van der Waals surface area contributed by atoms with E-state index in [0.717, 1.165) is 0 Å². The number of amidine groups is 1. The summed E-state index contributed by atoms with van der Waals surface area (Å²) >= 11 is 0. The molecule has 0 spiro atoms. The topological polar surface area (TPSA) is 84.9 Å². The second kappa shape index (κ2) is 10.6. The molecular formula is C17H24N6O2. The lowest BCUT2D eigenvalue weighted by atomic mass is 10.4. The van der Waals surface area contributed by atoms with Crippen molar-refractivity contribution in [2.45, 2.75) is 6.92 Å². The molecule has 0 radical (unpaired) electrons. The van der Waals surface area contributed by atoms with Gasteiger partial charge < -0.3 is 19.4 Å². The number of hydrogen-bond donors (Lipinski definition) is 1. The number of pyridine rings is 1. The summed E-state index contributed by atoms with van der Waals surface area (Å²) < 4.78 is 12.2. The molecular weight excluding hydrogens is 320 g/mol. The lowest BCUT2D eigenvalue weighted by Crippen LogP contribution is -2.16. The Kier molecular flexibility index (Phi) is 8.42. The molecule has 0 fully saturated rings. The van der Waals surface area contributed by atoms with Crippen molar-refractivity contribution in [2.75, 3.05) is 21.3 Å². The number of allylic oxidation sites excluding steroid dienone is 2. The lowest BCUT2D eigenvalue weighted by Gasteiger charge is -2.01. The minimum Gasteiger partial charge on any atom is -0.497 e. The summed E-state index contributed by atoms with van der Waals surface area (Å²) in [5.41, 5.74) is 1.06. The van der Waals surface area contributed by atoms with Gasteiger partial charge in [0.1, 0.15) is 11.5 Å². The van der Waals surface area contributed by atoms with Crippen molar-refractivity contribution in [1.29, 1.82) is 0 Å². The fourth-order valence-corrected chi connectivity index (χ4v) is 1.58. The van der Waals surface area contributed by atoms with Crippen molar-refractivity contribution in [3.8, 4) is 5.75 Å². The monoisotopic (exact) mass is 344 g/mol. The molecule has 0 atom stereocenters. The summed E-state index contributed by atoms with van der Waals surface area (Å²) in [6, 6.07) is 3.61. The molecule has 25 heavy (non-hydrogen) atoms. The third kappa shape index (κ3) is 7.30. The van der Waals surface area contributed by atoms with Gasteiger partial charge in [-0.3, -0.25) is 0 Å². The molecule has 0 saturated carbocycles. The largest absolute Gasteiger partial charge is 0.497 e. The van der Waals surface area contributed by atoms with Crippen LogP contribution in [0.3, 0.4) is 0 Å². The van der Waals surface area contributed by atoms with Crippen molar-refractivity contribution in [2.24, 2.45) is 27.5 Å². The Hall–Kier alpha value is -3.16. The average Bonchev–Trinajstić information content (AvgIpc) is 2.62. The Bertz CT molecular complexity index is 772. The first kappa shape index (κ1) is 19.9. The van der Waals surface area contributed by atoms with Gasteiger partial charge in [-0.2, -0.15) is 0 Å². The van der Waals surface area contributed by atoms with Gasteiger partial charge in [-0.15, -0.1) is 20.4 Å². The van der Waals surface area contributed by atoms with Crippen LogP contribution in [0, 0.1) is 0 Å². The van der Waals surface area contributed by atoms with E-state index in [1.54, 1.807) is 52.6 Å². The molecule has 0 aromatic carbocycles. The number of aryl methyl sites for hydroxylation is 1. The van der Waals surface area contributed by atoms with Gasteiger partial charge in [0.05, 0.1) is 19.9 Å². The first-order valence-electron chi connectivity index (χ1n) is 7.49. The van der Waals surface area contributed by atoms with Crippen molar-refractivity contribution < 1.29 is 9.47 Å².